The van der Waals surface area contributed by atoms with Crippen LogP contribution >= 0.6 is 23.3 Å². The van der Waals surface area contributed by atoms with Gasteiger partial charge in [-0.25, -0.2) is 0 Å². The Bertz CT molecular complexity index is 1120. The average molecular weight is 425 g/mol. The van der Waals surface area contributed by atoms with Crippen LogP contribution in [0, 0.1) is 18.3 Å². The molecule has 0 atom stereocenters. The Balaban J connectivity index is 2.10. The molecule has 1 aromatic heterocycles. The summed E-state index contributed by atoms with van der Waals surface area (Å²) in [4.78, 5) is 13.8. The van der Waals surface area contributed by atoms with Crippen LogP contribution in [0.2, 0.25) is 0 Å². The lowest BCUT2D eigenvalue weighted by Gasteiger charge is -2.28. The van der Waals surface area contributed by atoms with Crippen LogP contribution in [0.1, 0.15) is 45.7 Å². The maximum absolute atomic E-state index is 12.8. The number of benzene rings is 2. The quantitative estimate of drug-likeness (QED) is 0.360. The Morgan fingerprint density at radius 3 is 2.52 bits per heavy atom. The van der Waals surface area contributed by atoms with Gasteiger partial charge in [0.15, 0.2) is 0 Å². The van der Waals surface area contributed by atoms with Gasteiger partial charge in [0.2, 0.25) is 0 Å². The van der Waals surface area contributed by atoms with Gasteiger partial charge >= 0.3 is 5.97 Å². The van der Waals surface area contributed by atoms with E-state index < -0.39 is 10.3 Å². The highest BCUT2D eigenvalue weighted by Crippen LogP contribution is 2.44. The number of thioether (sulfide) groups is 1. The van der Waals surface area contributed by atoms with E-state index in [0.717, 1.165) is 31.7 Å². The van der Waals surface area contributed by atoms with Gasteiger partial charge in [0.25, 0.3) is 0 Å². The standard InChI is InChI=1S/C23H24N2O2S2/c1-14-11-15(7-8-16(14)12-24)19-18(10-9-17-13-25-29-20(17)19)28-23(5,6)21(26)27-22(2,3)4/h7-11,13H,1-6H3. The van der Waals surface area contributed by atoms with E-state index in [1.165, 1.54) is 23.3 Å². The first-order valence-corrected chi connectivity index (χ1v) is 10.9. The van der Waals surface area contributed by atoms with Gasteiger partial charge in [-0.2, -0.15) is 9.64 Å². The number of hydrogen-bond acceptors (Lipinski definition) is 6. The number of ether oxygens (including phenoxy) is 1. The first-order chi connectivity index (χ1) is 13.5. The van der Waals surface area contributed by atoms with Crippen LogP contribution in [0.25, 0.3) is 21.2 Å². The second-order valence-electron chi connectivity index (χ2n) is 8.44. The van der Waals surface area contributed by atoms with Crippen molar-refractivity contribution in [3.8, 4) is 17.2 Å². The first kappa shape index (κ1) is 21.4. The molecule has 150 valence electrons. The normalized spacial score (nSPS) is 12.0. The van der Waals surface area contributed by atoms with E-state index in [1.807, 2.05) is 78.1 Å². The van der Waals surface area contributed by atoms with Crippen molar-refractivity contribution in [1.29, 1.82) is 5.26 Å². The Morgan fingerprint density at radius 1 is 1.17 bits per heavy atom. The van der Waals surface area contributed by atoms with Gasteiger partial charge in [-0.3, -0.25) is 4.79 Å². The van der Waals surface area contributed by atoms with Gasteiger partial charge in [-0.05, 0) is 76.3 Å². The van der Waals surface area contributed by atoms with Crippen molar-refractivity contribution in [2.24, 2.45) is 0 Å². The number of hydrogen-bond donors (Lipinski definition) is 0. The van der Waals surface area contributed by atoms with Gasteiger partial charge in [0.1, 0.15) is 10.3 Å². The van der Waals surface area contributed by atoms with Crippen molar-refractivity contribution in [1.82, 2.24) is 4.37 Å². The first-order valence-electron chi connectivity index (χ1n) is 9.33. The number of carbonyl (C=O) groups excluding carboxylic acids is 1. The second-order valence-corrected chi connectivity index (χ2v) is 10.9. The zero-order valence-electron chi connectivity index (χ0n) is 17.5. The molecule has 0 aliphatic carbocycles. The molecule has 0 fully saturated rings. The second kappa shape index (κ2) is 7.81. The summed E-state index contributed by atoms with van der Waals surface area (Å²) in [5.74, 6) is -0.249. The average Bonchev–Trinajstić information content (AvgIpc) is 3.08. The van der Waals surface area contributed by atoms with Crippen molar-refractivity contribution in [3.63, 3.8) is 0 Å². The molecular formula is C23H24N2O2S2. The van der Waals surface area contributed by atoms with Crippen molar-refractivity contribution < 1.29 is 9.53 Å². The third-order valence-electron chi connectivity index (χ3n) is 4.38. The third kappa shape index (κ3) is 4.63. The minimum atomic E-state index is -0.762. The molecular weight excluding hydrogens is 400 g/mol. The molecule has 0 aliphatic rings. The van der Waals surface area contributed by atoms with E-state index in [-0.39, 0.29) is 5.97 Å². The van der Waals surface area contributed by atoms with Crippen LogP contribution in [0.3, 0.4) is 0 Å². The Hall–Kier alpha value is -2.36. The lowest BCUT2D eigenvalue weighted by molar-refractivity contribution is -0.156. The molecule has 0 saturated heterocycles. The molecule has 3 rings (SSSR count). The number of carbonyl (C=O) groups is 1. The predicted molar refractivity (Wildman–Crippen MR) is 120 cm³/mol. The van der Waals surface area contributed by atoms with Gasteiger partial charge in [-0.1, -0.05) is 18.2 Å². The smallest absolute Gasteiger partial charge is 0.322 e. The monoisotopic (exact) mass is 424 g/mol. The fraction of sp³-hybridized carbons (Fsp3) is 0.348. The molecule has 6 heteroatoms. The topological polar surface area (TPSA) is 63.0 Å². The van der Waals surface area contributed by atoms with Crippen LogP contribution in [-0.2, 0) is 9.53 Å². The fourth-order valence-corrected chi connectivity index (χ4v) is 4.95. The summed E-state index contributed by atoms with van der Waals surface area (Å²) in [6.45, 7) is 11.3. The molecule has 4 nitrogen and oxygen atoms in total. The van der Waals surface area contributed by atoms with E-state index >= 15 is 0 Å². The molecule has 1 heterocycles. The van der Waals surface area contributed by atoms with Gasteiger partial charge in [0.05, 0.1) is 16.3 Å². The van der Waals surface area contributed by atoms with Crippen LogP contribution in [0.15, 0.2) is 41.4 Å². The van der Waals surface area contributed by atoms with Crippen molar-refractivity contribution >= 4 is 39.3 Å². The lowest BCUT2D eigenvalue weighted by atomic mass is 9.99. The molecule has 0 aliphatic heterocycles. The van der Waals surface area contributed by atoms with Crippen molar-refractivity contribution in [2.75, 3.05) is 0 Å². The number of nitrogens with zero attached hydrogens (tertiary/aromatic N) is 2. The van der Waals surface area contributed by atoms with E-state index in [4.69, 9.17) is 4.74 Å². The number of nitriles is 1. The molecule has 2 aromatic carbocycles. The maximum atomic E-state index is 12.8. The highest BCUT2D eigenvalue weighted by molar-refractivity contribution is 8.01. The van der Waals surface area contributed by atoms with Crippen LogP contribution in [0.4, 0.5) is 0 Å². The minimum absolute atomic E-state index is 0.249. The molecule has 0 N–H and O–H groups in total. The molecule has 0 radical (unpaired) electrons. The van der Waals surface area contributed by atoms with Gasteiger partial charge < -0.3 is 4.74 Å². The van der Waals surface area contributed by atoms with Crippen molar-refractivity contribution in [2.45, 2.75) is 56.8 Å². The zero-order valence-corrected chi connectivity index (χ0v) is 19.1. The fourth-order valence-electron chi connectivity index (χ4n) is 2.94. The molecule has 0 bridgehead atoms. The van der Waals surface area contributed by atoms with E-state index in [0.29, 0.717) is 5.56 Å². The van der Waals surface area contributed by atoms with Crippen LogP contribution in [-0.4, -0.2) is 20.7 Å². The lowest BCUT2D eigenvalue weighted by Crippen LogP contribution is -2.36. The molecule has 0 saturated carbocycles. The number of fused-ring (bicyclic) bond motifs is 1. The SMILES string of the molecule is Cc1cc(-c2c(SC(C)(C)C(=O)OC(C)(C)C)ccc3cnsc23)ccc1C#N. The predicted octanol–water partition coefficient (Wildman–Crippen LogP) is 6.36. The van der Waals surface area contributed by atoms with E-state index in [2.05, 4.69) is 10.4 Å². The molecule has 0 spiro atoms. The minimum Gasteiger partial charge on any atom is -0.459 e. The maximum Gasteiger partial charge on any atom is 0.322 e. The Morgan fingerprint density at radius 2 is 1.90 bits per heavy atom. The number of aryl methyl sites for hydroxylation is 1. The summed E-state index contributed by atoms with van der Waals surface area (Å²) in [5, 5.41) is 10.3. The Labute approximate surface area is 180 Å². The summed E-state index contributed by atoms with van der Waals surface area (Å²) in [6, 6.07) is 12.1. The summed E-state index contributed by atoms with van der Waals surface area (Å²) in [5.41, 5.74) is 3.10. The summed E-state index contributed by atoms with van der Waals surface area (Å²) >= 11 is 2.93. The third-order valence-corrected chi connectivity index (χ3v) is 6.45. The van der Waals surface area contributed by atoms with E-state index in [1.54, 1.807) is 0 Å². The van der Waals surface area contributed by atoms with Gasteiger partial charge in [-0.15, -0.1) is 11.8 Å². The van der Waals surface area contributed by atoms with Gasteiger partial charge in [0, 0.05) is 22.0 Å². The highest BCUT2D eigenvalue weighted by Gasteiger charge is 2.34. The largest absolute Gasteiger partial charge is 0.459 e. The van der Waals surface area contributed by atoms with E-state index in [9.17, 15) is 10.1 Å². The summed E-state index contributed by atoms with van der Waals surface area (Å²) in [6.07, 6.45) is 1.85. The molecule has 29 heavy (non-hydrogen) atoms. The molecule has 3 aromatic rings. The number of rotatable bonds is 4. The Kier molecular flexibility index (Phi) is 5.75. The van der Waals surface area contributed by atoms with Crippen molar-refractivity contribution in [3.05, 3.63) is 47.7 Å². The van der Waals surface area contributed by atoms with Crippen LogP contribution < -0.4 is 0 Å². The molecule has 0 amide bonds. The highest BCUT2D eigenvalue weighted by atomic mass is 32.2. The zero-order chi connectivity index (χ0) is 21.4. The number of aromatic nitrogens is 1. The summed E-state index contributed by atoms with van der Waals surface area (Å²) < 4.78 is 10.3. The molecule has 0 unspecified atom stereocenters. The van der Waals surface area contributed by atoms with Crippen LogP contribution in [0.5, 0.6) is 0 Å². The summed E-state index contributed by atoms with van der Waals surface area (Å²) in [7, 11) is 0. The number of esters is 1.